The minimum Gasteiger partial charge on any atom is -0.387 e. The Hall–Kier alpha value is -2.35. The number of anilines is 1. The smallest absolute Gasteiger partial charge is 0.334 e. The summed E-state index contributed by atoms with van der Waals surface area (Å²) < 4.78 is 18.6. The number of nitrogens with one attached hydrogen (secondary N) is 1. The summed E-state index contributed by atoms with van der Waals surface area (Å²) in [5.41, 5.74) is 1.05. The van der Waals surface area contributed by atoms with Crippen molar-refractivity contribution in [2.24, 2.45) is 5.92 Å². The molecule has 1 aliphatic rings. The minimum atomic E-state index is -4.61. The van der Waals surface area contributed by atoms with Crippen LogP contribution in [0.3, 0.4) is 0 Å². The largest absolute Gasteiger partial charge is 0.387 e. The standard InChI is InChI=1S/C23H29Cl2N6O7P/c1-12(2)9-30(17(32)11-39(35,36)37)10-16-18(33)19(34)22(38-16)31-21-14(8-27-31)20(28-23(25)29-21)26-7-13-5-3-4-6-15(13)24/h3-6,8,12,16,18-19,22,33-34H,7,9-11H2,1-2H3,(H,26,28,29)(H2,35,36,37)/t16-,18-,19-,22-/m1/s1. The minimum absolute atomic E-state index is 0.0319. The average molecular weight is 603 g/mol. The molecule has 0 saturated carbocycles. The van der Waals surface area contributed by atoms with Crippen LogP contribution in [0.2, 0.25) is 10.3 Å². The first-order valence-electron chi connectivity index (χ1n) is 12.1. The molecule has 3 heterocycles. The maximum absolute atomic E-state index is 12.6. The lowest BCUT2D eigenvalue weighted by Crippen LogP contribution is -2.45. The van der Waals surface area contributed by atoms with Gasteiger partial charge in [-0.15, -0.1) is 0 Å². The van der Waals surface area contributed by atoms with E-state index in [1.165, 1.54) is 15.8 Å². The van der Waals surface area contributed by atoms with Crippen LogP contribution in [-0.4, -0.2) is 88.1 Å². The molecule has 0 aliphatic carbocycles. The van der Waals surface area contributed by atoms with Crippen LogP contribution in [0.15, 0.2) is 30.5 Å². The van der Waals surface area contributed by atoms with E-state index in [4.69, 9.17) is 27.9 Å². The Balaban J connectivity index is 1.56. The van der Waals surface area contributed by atoms with Crippen LogP contribution in [0.5, 0.6) is 0 Å². The quantitative estimate of drug-likeness (QED) is 0.169. The molecule has 4 rings (SSSR count). The molecule has 0 spiro atoms. The summed E-state index contributed by atoms with van der Waals surface area (Å²) in [6.45, 7) is 3.96. The van der Waals surface area contributed by atoms with Gasteiger partial charge in [0.25, 0.3) is 0 Å². The molecular weight excluding hydrogens is 574 g/mol. The number of hydrogen-bond donors (Lipinski definition) is 5. The first-order chi connectivity index (χ1) is 18.3. The number of carbonyl (C=O) groups excluding carboxylic acids is 1. The zero-order valence-electron chi connectivity index (χ0n) is 21.1. The average Bonchev–Trinajstić information content (AvgIpc) is 3.37. The molecule has 1 aliphatic heterocycles. The van der Waals surface area contributed by atoms with E-state index in [2.05, 4.69) is 20.4 Å². The highest BCUT2D eigenvalue weighted by atomic mass is 35.5. The summed E-state index contributed by atoms with van der Waals surface area (Å²) in [5, 5.41) is 30.0. The zero-order chi connectivity index (χ0) is 28.5. The normalized spacial score (nSPS) is 21.6. The summed E-state index contributed by atoms with van der Waals surface area (Å²) in [6, 6.07) is 7.30. The van der Waals surface area contributed by atoms with Crippen LogP contribution in [0, 0.1) is 5.92 Å². The lowest BCUT2D eigenvalue weighted by atomic mass is 10.1. The molecule has 212 valence electrons. The Morgan fingerprint density at radius 3 is 2.59 bits per heavy atom. The van der Waals surface area contributed by atoms with Crippen molar-refractivity contribution in [2.75, 3.05) is 24.6 Å². The molecule has 1 saturated heterocycles. The van der Waals surface area contributed by atoms with Gasteiger partial charge in [-0.25, -0.2) is 4.68 Å². The van der Waals surface area contributed by atoms with Crippen molar-refractivity contribution in [3.63, 3.8) is 0 Å². The fraction of sp³-hybridized carbons (Fsp3) is 0.478. The number of rotatable bonds is 10. The van der Waals surface area contributed by atoms with E-state index in [0.29, 0.717) is 22.8 Å². The van der Waals surface area contributed by atoms with Gasteiger partial charge in [0.15, 0.2) is 11.9 Å². The van der Waals surface area contributed by atoms with Gasteiger partial charge in [-0.3, -0.25) is 9.36 Å². The van der Waals surface area contributed by atoms with E-state index in [0.717, 1.165) is 5.56 Å². The van der Waals surface area contributed by atoms with E-state index in [1.54, 1.807) is 6.07 Å². The molecule has 2 aromatic heterocycles. The summed E-state index contributed by atoms with van der Waals surface area (Å²) in [7, 11) is -4.61. The molecule has 13 nitrogen and oxygen atoms in total. The van der Waals surface area contributed by atoms with Crippen LogP contribution in [0.1, 0.15) is 25.6 Å². The van der Waals surface area contributed by atoms with Crippen LogP contribution in [0.25, 0.3) is 11.0 Å². The van der Waals surface area contributed by atoms with Crippen LogP contribution in [-0.2, 0) is 20.6 Å². The summed E-state index contributed by atoms with van der Waals surface area (Å²) >= 11 is 12.4. The maximum Gasteiger partial charge on any atom is 0.334 e. The third-order valence-electron chi connectivity index (χ3n) is 6.09. The van der Waals surface area contributed by atoms with E-state index >= 15 is 0 Å². The van der Waals surface area contributed by atoms with Gasteiger partial charge in [0, 0.05) is 24.7 Å². The lowest BCUT2D eigenvalue weighted by molar-refractivity contribution is -0.132. The van der Waals surface area contributed by atoms with Gasteiger partial charge in [0.2, 0.25) is 11.2 Å². The third-order valence-corrected chi connectivity index (χ3v) is 7.31. The fourth-order valence-corrected chi connectivity index (χ4v) is 5.25. The number of amides is 1. The molecule has 3 aromatic rings. The molecule has 39 heavy (non-hydrogen) atoms. The number of halogens is 2. The number of aliphatic hydroxyl groups is 2. The monoisotopic (exact) mass is 602 g/mol. The molecular formula is C23H29Cl2N6O7P. The van der Waals surface area contributed by atoms with Gasteiger partial charge in [0.05, 0.1) is 11.6 Å². The Labute approximate surface area is 233 Å². The maximum atomic E-state index is 12.6. The van der Waals surface area contributed by atoms with Crippen molar-refractivity contribution in [3.8, 4) is 0 Å². The van der Waals surface area contributed by atoms with Crippen molar-refractivity contribution in [3.05, 3.63) is 46.3 Å². The van der Waals surface area contributed by atoms with Gasteiger partial charge in [-0.05, 0) is 29.1 Å². The van der Waals surface area contributed by atoms with Crippen LogP contribution < -0.4 is 5.32 Å². The second-order valence-corrected chi connectivity index (χ2v) is 12.1. The van der Waals surface area contributed by atoms with Crippen molar-refractivity contribution < 1.29 is 34.1 Å². The highest BCUT2D eigenvalue weighted by molar-refractivity contribution is 7.52. The topological polar surface area (TPSA) is 183 Å². The van der Waals surface area contributed by atoms with E-state index in [9.17, 15) is 29.4 Å². The van der Waals surface area contributed by atoms with Gasteiger partial charge in [-0.1, -0.05) is 43.6 Å². The van der Waals surface area contributed by atoms with Gasteiger partial charge >= 0.3 is 7.60 Å². The van der Waals surface area contributed by atoms with Crippen molar-refractivity contribution in [1.82, 2.24) is 24.6 Å². The Morgan fingerprint density at radius 2 is 1.92 bits per heavy atom. The molecule has 5 N–H and O–H groups in total. The number of nitrogens with zero attached hydrogens (tertiary/aromatic N) is 5. The molecule has 1 amide bonds. The molecule has 1 aromatic carbocycles. The highest BCUT2D eigenvalue weighted by Crippen LogP contribution is 2.36. The van der Waals surface area contributed by atoms with Gasteiger partial charge in [0.1, 0.15) is 30.3 Å². The zero-order valence-corrected chi connectivity index (χ0v) is 23.5. The van der Waals surface area contributed by atoms with Crippen LogP contribution in [0.4, 0.5) is 5.82 Å². The molecule has 0 unspecified atom stereocenters. The third kappa shape index (κ3) is 7.05. The number of benzene rings is 1. The molecule has 16 heteroatoms. The number of fused-ring (bicyclic) bond motifs is 1. The Morgan fingerprint density at radius 1 is 1.21 bits per heavy atom. The summed E-state index contributed by atoms with van der Waals surface area (Å²) in [5.74, 6) is -0.452. The predicted octanol–water partition coefficient (Wildman–Crippen LogP) is 2.03. The molecule has 0 bridgehead atoms. The molecule has 1 fully saturated rings. The Bertz CT molecular complexity index is 1390. The lowest BCUT2D eigenvalue weighted by Gasteiger charge is -2.28. The molecule has 4 atom stereocenters. The van der Waals surface area contributed by atoms with Gasteiger partial charge < -0.3 is 35.0 Å². The number of aliphatic hydroxyl groups excluding tert-OH is 2. The van der Waals surface area contributed by atoms with E-state index in [-0.39, 0.29) is 29.9 Å². The van der Waals surface area contributed by atoms with Crippen molar-refractivity contribution in [2.45, 2.75) is 44.9 Å². The SMILES string of the molecule is CC(C)CN(C[C@H]1O[C@@H](n2ncc3c(NCc4ccccc4Cl)nc(Cl)nc32)[C@H](O)[C@@H]1O)C(=O)CP(=O)(O)O. The Kier molecular flexibility index (Phi) is 9.14. The highest BCUT2D eigenvalue weighted by Gasteiger charge is 2.46. The van der Waals surface area contributed by atoms with Gasteiger partial charge in [-0.2, -0.15) is 15.1 Å². The summed E-state index contributed by atoms with van der Waals surface area (Å²) in [6.07, 6.45) is -4.66. The summed E-state index contributed by atoms with van der Waals surface area (Å²) in [4.78, 5) is 40.8. The second-order valence-electron chi connectivity index (χ2n) is 9.67. The first kappa shape index (κ1) is 29.6. The predicted molar refractivity (Wildman–Crippen MR) is 143 cm³/mol. The van der Waals surface area contributed by atoms with E-state index < -0.39 is 44.2 Å². The number of aromatic nitrogens is 4. The van der Waals surface area contributed by atoms with Crippen molar-refractivity contribution >= 4 is 53.6 Å². The number of hydrogen-bond acceptors (Lipinski definition) is 9. The van der Waals surface area contributed by atoms with Crippen LogP contribution >= 0.6 is 30.8 Å². The fourth-order valence-electron chi connectivity index (χ4n) is 4.34. The second kappa shape index (κ2) is 12.0. The molecule has 0 radical (unpaired) electrons. The number of ether oxygens (including phenoxy) is 1. The number of carbonyl (C=O) groups is 1. The van der Waals surface area contributed by atoms with Crippen molar-refractivity contribution in [1.29, 1.82) is 0 Å². The van der Waals surface area contributed by atoms with E-state index in [1.807, 2.05) is 32.0 Å². The first-order valence-corrected chi connectivity index (χ1v) is 14.6.